The molecule has 47 heavy (non-hydrogen) atoms. The van der Waals surface area contributed by atoms with Crippen LogP contribution in [0.15, 0.2) is 170 Å². The summed E-state index contributed by atoms with van der Waals surface area (Å²) in [6, 6.07) is 55.3. The van der Waals surface area contributed by atoms with Gasteiger partial charge in [-0.1, -0.05) is 121 Å². The molecule has 0 N–H and O–H groups in total. The highest BCUT2D eigenvalue weighted by atomic mass is 15.0. The maximum Gasteiger partial charge on any atom is 0.160 e. The zero-order valence-corrected chi connectivity index (χ0v) is 25.5. The Morgan fingerprint density at radius 3 is 1.70 bits per heavy atom. The second-order valence-corrected chi connectivity index (χ2v) is 11.7. The summed E-state index contributed by atoms with van der Waals surface area (Å²) in [5.74, 6) is 0.704. The monoisotopic (exact) mass is 600 g/mol. The minimum Gasteiger partial charge on any atom is -0.309 e. The predicted octanol–water partition coefficient (Wildman–Crippen LogP) is 10.8. The molecule has 4 nitrogen and oxygen atoms in total. The number of nitrogens with zero attached hydrogens (tertiary/aromatic N) is 4. The summed E-state index contributed by atoms with van der Waals surface area (Å²) in [4.78, 5) is 14.4. The van der Waals surface area contributed by atoms with Crippen LogP contribution in [0.25, 0.3) is 83.3 Å². The average Bonchev–Trinajstić information content (AvgIpc) is 3.49. The lowest BCUT2D eigenvalue weighted by atomic mass is 9.98. The number of hydrogen-bond donors (Lipinski definition) is 0. The van der Waals surface area contributed by atoms with Gasteiger partial charge in [0.15, 0.2) is 5.82 Å². The van der Waals surface area contributed by atoms with Crippen molar-refractivity contribution in [2.75, 3.05) is 0 Å². The molecule has 0 radical (unpaired) electrons. The molecule has 0 amide bonds. The second-order valence-electron chi connectivity index (χ2n) is 11.7. The number of benzene rings is 6. The van der Waals surface area contributed by atoms with Crippen molar-refractivity contribution in [3.63, 3.8) is 0 Å². The smallest absolute Gasteiger partial charge is 0.160 e. The lowest BCUT2D eigenvalue weighted by Gasteiger charge is -2.12. The summed E-state index contributed by atoms with van der Waals surface area (Å²) in [5.41, 5.74) is 10.7. The quantitative estimate of drug-likeness (QED) is 0.197. The molecule has 0 spiro atoms. The van der Waals surface area contributed by atoms with Gasteiger partial charge in [-0.25, -0.2) is 9.97 Å². The second kappa shape index (κ2) is 11.2. The van der Waals surface area contributed by atoms with Gasteiger partial charge in [-0.15, -0.1) is 0 Å². The third-order valence-corrected chi connectivity index (χ3v) is 8.93. The van der Waals surface area contributed by atoms with Crippen molar-refractivity contribution in [2.45, 2.75) is 0 Å². The van der Waals surface area contributed by atoms with E-state index in [1.165, 1.54) is 32.8 Å². The Morgan fingerprint density at radius 2 is 1.02 bits per heavy atom. The van der Waals surface area contributed by atoms with Gasteiger partial charge in [0.25, 0.3) is 0 Å². The van der Waals surface area contributed by atoms with E-state index in [1.807, 2.05) is 30.6 Å². The van der Waals surface area contributed by atoms with E-state index in [4.69, 9.17) is 9.97 Å². The summed E-state index contributed by atoms with van der Waals surface area (Å²) >= 11 is 0. The lowest BCUT2D eigenvalue weighted by Crippen LogP contribution is -1.97. The fourth-order valence-corrected chi connectivity index (χ4v) is 6.64. The van der Waals surface area contributed by atoms with Crippen molar-refractivity contribution in [1.82, 2.24) is 19.5 Å². The Morgan fingerprint density at radius 1 is 0.426 bits per heavy atom. The van der Waals surface area contributed by atoms with Gasteiger partial charge in [-0.2, -0.15) is 0 Å². The highest BCUT2D eigenvalue weighted by Crippen LogP contribution is 2.34. The molecule has 3 heterocycles. The molecule has 0 aliphatic heterocycles. The number of para-hydroxylation sites is 2. The molecule has 9 rings (SSSR count). The molecule has 6 aromatic carbocycles. The van der Waals surface area contributed by atoms with E-state index in [0.29, 0.717) is 5.82 Å². The van der Waals surface area contributed by atoms with E-state index >= 15 is 0 Å². The van der Waals surface area contributed by atoms with E-state index in [2.05, 4.69) is 149 Å². The van der Waals surface area contributed by atoms with Gasteiger partial charge in [-0.05, 0) is 52.9 Å². The highest BCUT2D eigenvalue weighted by molar-refractivity contribution is 6.09. The molecular formula is C43H28N4. The summed E-state index contributed by atoms with van der Waals surface area (Å²) in [5, 5.41) is 4.83. The first-order chi connectivity index (χ1) is 23.3. The van der Waals surface area contributed by atoms with Crippen molar-refractivity contribution in [1.29, 1.82) is 0 Å². The maximum absolute atomic E-state index is 5.07. The molecule has 9 aromatic rings. The Balaban J connectivity index is 1.13. The van der Waals surface area contributed by atoms with Crippen LogP contribution in [0.5, 0.6) is 0 Å². The molecule has 0 aliphatic rings. The van der Waals surface area contributed by atoms with Crippen molar-refractivity contribution >= 4 is 32.6 Å². The average molecular weight is 601 g/mol. The predicted molar refractivity (Wildman–Crippen MR) is 193 cm³/mol. The summed E-state index contributed by atoms with van der Waals surface area (Å²) in [6.45, 7) is 0. The first-order valence-corrected chi connectivity index (χ1v) is 15.8. The zero-order valence-electron chi connectivity index (χ0n) is 25.5. The van der Waals surface area contributed by atoms with E-state index in [0.717, 1.165) is 44.7 Å². The van der Waals surface area contributed by atoms with Crippen LogP contribution in [0.3, 0.4) is 0 Å². The zero-order chi connectivity index (χ0) is 31.2. The van der Waals surface area contributed by atoms with Crippen molar-refractivity contribution in [3.8, 4) is 50.7 Å². The number of aromatic nitrogens is 4. The Bertz CT molecular complexity index is 2490. The third kappa shape index (κ3) is 4.75. The van der Waals surface area contributed by atoms with Crippen LogP contribution in [0.1, 0.15) is 0 Å². The van der Waals surface area contributed by atoms with E-state index < -0.39 is 0 Å². The molecule has 0 unspecified atom stereocenters. The van der Waals surface area contributed by atoms with Gasteiger partial charge in [0.2, 0.25) is 0 Å². The summed E-state index contributed by atoms with van der Waals surface area (Å²) in [6.07, 6.45) is 3.76. The standard InChI is InChI=1S/C43H28N4/c1-2-9-32(10-3-1)43-45-39(30-19-17-29(18-20-30)35-14-8-11-33-28-44-26-25-36(33)35)27-40(46-43)31-21-23-34(24-22-31)47-41-15-6-4-12-37(41)38-13-5-7-16-42(38)47/h1-28H. The molecule has 0 atom stereocenters. The molecule has 3 aromatic heterocycles. The van der Waals surface area contributed by atoms with Crippen LogP contribution >= 0.6 is 0 Å². The van der Waals surface area contributed by atoms with Gasteiger partial charge in [0, 0.05) is 50.9 Å². The molecule has 0 aliphatic carbocycles. The topological polar surface area (TPSA) is 43.6 Å². The van der Waals surface area contributed by atoms with Crippen LogP contribution in [0.2, 0.25) is 0 Å². The minimum atomic E-state index is 0.704. The molecule has 0 bridgehead atoms. The normalized spacial score (nSPS) is 11.4. The molecule has 0 fully saturated rings. The van der Waals surface area contributed by atoms with Crippen LogP contribution < -0.4 is 0 Å². The molecule has 0 saturated carbocycles. The van der Waals surface area contributed by atoms with E-state index in [1.54, 1.807) is 0 Å². The summed E-state index contributed by atoms with van der Waals surface area (Å²) < 4.78 is 2.34. The van der Waals surface area contributed by atoms with Gasteiger partial charge in [0.1, 0.15) is 0 Å². The lowest BCUT2D eigenvalue weighted by molar-refractivity contribution is 1.17. The van der Waals surface area contributed by atoms with Gasteiger partial charge < -0.3 is 4.57 Å². The number of fused-ring (bicyclic) bond motifs is 4. The van der Waals surface area contributed by atoms with Gasteiger partial charge in [-0.3, -0.25) is 4.98 Å². The fraction of sp³-hybridized carbons (Fsp3) is 0. The summed E-state index contributed by atoms with van der Waals surface area (Å²) in [7, 11) is 0. The van der Waals surface area contributed by atoms with Gasteiger partial charge >= 0.3 is 0 Å². The Kier molecular flexibility index (Phi) is 6.43. The third-order valence-electron chi connectivity index (χ3n) is 8.93. The van der Waals surface area contributed by atoms with Crippen molar-refractivity contribution in [2.24, 2.45) is 0 Å². The first-order valence-electron chi connectivity index (χ1n) is 15.8. The van der Waals surface area contributed by atoms with Crippen LogP contribution in [-0.4, -0.2) is 19.5 Å². The van der Waals surface area contributed by atoms with E-state index in [9.17, 15) is 0 Å². The number of hydrogen-bond acceptors (Lipinski definition) is 3. The molecule has 4 heteroatoms. The van der Waals surface area contributed by atoms with Crippen LogP contribution in [-0.2, 0) is 0 Å². The van der Waals surface area contributed by atoms with E-state index in [-0.39, 0.29) is 0 Å². The van der Waals surface area contributed by atoms with Crippen molar-refractivity contribution in [3.05, 3.63) is 170 Å². The first kappa shape index (κ1) is 27.0. The largest absolute Gasteiger partial charge is 0.309 e. The maximum atomic E-state index is 5.07. The molecule has 0 saturated heterocycles. The number of rotatable bonds is 5. The highest BCUT2D eigenvalue weighted by Gasteiger charge is 2.14. The van der Waals surface area contributed by atoms with Gasteiger partial charge in [0.05, 0.1) is 22.4 Å². The Labute approximate surface area is 272 Å². The molecule has 220 valence electrons. The molecular weight excluding hydrogens is 573 g/mol. The van der Waals surface area contributed by atoms with Crippen LogP contribution in [0, 0.1) is 0 Å². The Hall–Kier alpha value is -6.39. The SMILES string of the molecule is c1ccc(-c2nc(-c3ccc(-c4cccc5cnccc45)cc3)cc(-c3ccc(-n4c5ccccc5c5ccccc54)cc3)n2)cc1. The number of pyridine rings is 1. The van der Waals surface area contributed by atoms with Crippen LogP contribution in [0.4, 0.5) is 0 Å². The fourth-order valence-electron chi connectivity index (χ4n) is 6.64. The minimum absolute atomic E-state index is 0.704. The van der Waals surface area contributed by atoms with Crippen molar-refractivity contribution < 1.29 is 0 Å².